The van der Waals surface area contributed by atoms with Crippen molar-refractivity contribution in [2.75, 3.05) is 0 Å². The SMILES string of the molecule is F[C](F)S. The molecule has 1 radical (unpaired) electrons. The molecule has 0 aromatic carbocycles. The number of rotatable bonds is 0. The van der Waals surface area contributed by atoms with Gasteiger partial charge in [-0.1, -0.05) is 12.6 Å². The molecular formula is CHF2S. The topological polar surface area (TPSA) is 0 Å². The highest BCUT2D eigenvalue weighted by atomic mass is 32.1. The third-order valence-corrected chi connectivity index (χ3v) is 0. The second-order valence-electron chi connectivity index (χ2n) is 0.240. The Morgan fingerprint density at radius 3 is 1.50 bits per heavy atom. The van der Waals surface area contributed by atoms with E-state index in [2.05, 4.69) is 12.6 Å². The van der Waals surface area contributed by atoms with Crippen molar-refractivity contribution < 1.29 is 8.78 Å². The van der Waals surface area contributed by atoms with E-state index in [-0.39, 0.29) is 0 Å². The fraction of sp³-hybridized carbons (Fsp3) is 0. The first-order valence-electron chi connectivity index (χ1n) is 0.602. The van der Waals surface area contributed by atoms with Crippen molar-refractivity contribution in [3.63, 3.8) is 0 Å². The molecule has 0 nitrogen and oxygen atoms in total. The first-order chi connectivity index (χ1) is 1.73. The van der Waals surface area contributed by atoms with E-state index in [1.807, 2.05) is 0 Å². The molecule has 4 heavy (non-hydrogen) atoms. The lowest BCUT2D eigenvalue weighted by atomic mass is 11.7. The zero-order valence-electron chi connectivity index (χ0n) is 1.70. The maximum absolute atomic E-state index is 10.1. The summed E-state index contributed by atoms with van der Waals surface area (Å²) in [5, 5.41) is 0. The molecule has 0 atom stereocenters. The number of hydrogen-bond donors (Lipinski definition) is 1. The Bertz CT molecular complexity index is 10.8. The van der Waals surface area contributed by atoms with Gasteiger partial charge in [0.25, 0.3) is 0 Å². The van der Waals surface area contributed by atoms with Gasteiger partial charge >= 0.3 is 5.76 Å². The summed E-state index contributed by atoms with van der Waals surface area (Å²) in [6.07, 6.45) is 0. The number of halogens is 2. The van der Waals surface area contributed by atoms with Crippen LogP contribution in [0.25, 0.3) is 0 Å². The molecule has 0 rings (SSSR count). The van der Waals surface area contributed by atoms with Gasteiger partial charge in [0.15, 0.2) is 0 Å². The van der Waals surface area contributed by atoms with E-state index in [0.29, 0.717) is 0 Å². The molecule has 3 heteroatoms. The van der Waals surface area contributed by atoms with Crippen molar-refractivity contribution >= 4 is 12.6 Å². The molecule has 0 aliphatic heterocycles. The van der Waals surface area contributed by atoms with Crippen molar-refractivity contribution in [1.82, 2.24) is 0 Å². The van der Waals surface area contributed by atoms with E-state index >= 15 is 0 Å². The molecule has 0 saturated heterocycles. The van der Waals surface area contributed by atoms with E-state index < -0.39 is 5.76 Å². The predicted molar refractivity (Wildman–Crippen MR) is 14.4 cm³/mol. The second kappa shape index (κ2) is 1.52. The minimum Gasteiger partial charge on any atom is -0.186 e. The van der Waals surface area contributed by atoms with Crippen LogP contribution in [0.5, 0.6) is 0 Å². The molecule has 0 N–H and O–H groups in total. The molecule has 0 aromatic heterocycles. The van der Waals surface area contributed by atoms with Gasteiger partial charge in [-0.25, -0.2) is 0 Å². The summed E-state index contributed by atoms with van der Waals surface area (Å²) >= 11 is 2.55. The maximum Gasteiger partial charge on any atom is 0.362 e. The molecule has 0 bridgehead atoms. The zero-order valence-corrected chi connectivity index (χ0v) is 2.60. The first-order valence-corrected chi connectivity index (χ1v) is 1.05. The van der Waals surface area contributed by atoms with Crippen LogP contribution < -0.4 is 0 Å². The molecule has 0 unspecified atom stereocenters. The lowest BCUT2D eigenvalue weighted by Crippen LogP contribution is -1.46. The summed E-state index contributed by atoms with van der Waals surface area (Å²) in [4.78, 5) is 0. The van der Waals surface area contributed by atoms with E-state index in [4.69, 9.17) is 0 Å². The highest BCUT2D eigenvalue weighted by Gasteiger charge is 1.86. The summed E-state index contributed by atoms with van der Waals surface area (Å²) in [6, 6.07) is 0. The maximum atomic E-state index is 10.1. The van der Waals surface area contributed by atoms with Crippen molar-refractivity contribution in [2.24, 2.45) is 0 Å². The van der Waals surface area contributed by atoms with E-state index in [1.54, 1.807) is 0 Å². The van der Waals surface area contributed by atoms with Crippen LogP contribution in [-0.2, 0) is 0 Å². The van der Waals surface area contributed by atoms with Crippen LogP contribution in [0.1, 0.15) is 0 Å². The van der Waals surface area contributed by atoms with Crippen LogP contribution in [-0.4, -0.2) is 0 Å². The highest BCUT2D eigenvalue weighted by Crippen LogP contribution is 2.04. The molecular weight excluding hydrogens is 82.1 g/mol. The first kappa shape index (κ1) is 4.21. The standard InChI is InChI=1S/CHF2S/c2-1(3)4/h4H. The van der Waals surface area contributed by atoms with E-state index in [9.17, 15) is 8.78 Å². The molecule has 0 saturated carbocycles. The third kappa shape index (κ3) is 73.4. The van der Waals surface area contributed by atoms with Crippen molar-refractivity contribution in [2.45, 2.75) is 0 Å². The van der Waals surface area contributed by atoms with Gasteiger partial charge in [0.05, 0.1) is 0 Å². The smallest absolute Gasteiger partial charge is 0.186 e. The van der Waals surface area contributed by atoms with Gasteiger partial charge in [0, 0.05) is 0 Å². The van der Waals surface area contributed by atoms with Gasteiger partial charge in [0.1, 0.15) is 0 Å². The molecule has 0 spiro atoms. The molecule has 0 heterocycles. The van der Waals surface area contributed by atoms with Crippen molar-refractivity contribution in [3.05, 3.63) is 5.76 Å². The quantitative estimate of drug-likeness (QED) is 0.419. The van der Waals surface area contributed by atoms with Gasteiger partial charge in [-0.2, -0.15) is 8.78 Å². The Hall–Kier alpha value is 0.210. The summed E-state index contributed by atoms with van der Waals surface area (Å²) in [5.74, 6) is -1.89. The molecule has 0 amide bonds. The zero-order chi connectivity index (χ0) is 3.58. The lowest BCUT2D eigenvalue weighted by Gasteiger charge is -1.65. The average molecular weight is 83.1 g/mol. The summed E-state index contributed by atoms with van der Waals surface area (Å²) in [5.41, 5.74) is 0. The fourth-order valence-corrected chi connectivity index (χ4v) is 0. The number of hydrogen-bond acceptors (Lipinski definition) is 1. The Labute approximate surface area is 28.2 Å². The van der Waals surface area contributed by atoms with Crippen LogP contribution in [0.3, 0.4) is 0 Å². The molecule has 0 aliphatic carbocycles. The van der Waals surface area contributed by atoms with Crippen LogP contribution in [0, 0.1) is 5.76 Å². The van der Waals surface area contributed by atoms with E-state index in [1.165, 1.54) is 0 Å². The summed E-state index contributed by atoms with van der Waals surface area (Å²) in [6.45, 7) is 0. The Morgan fingerprint density at radius 2 is 1.50 bits per heavy atom. The predicted octanol–water partition coefficient (Wildman–Crippen LogP) is 1.30. The second-order valence-corrected chi connectivity index (χ2v) is 0.579. The highest BCUT2D eigenvalue weighted by molar-refractivity contribution is 7.82. The van der Waals surface area contributed by atoms with Gasteiger partial charge < -0.3 is 0 Å². The minimum atomic E-state index is -1.89. The summed E-state index contributed by atoms with van der Waals surface area (Å²) in [7, 11) is 0. The Balaban J connectivity index is 2.32. The summed E-state index contributed by atoms with van der Waals surface area (Å²) < 4.78 is 20.2. The normalized spacial score (nSPS) is 9.00. The Kier molecular flexibility index (Phi) is 1.60. The molecule has 0 aliphatic rings. The Morgan fingerprint density at radius 1 is 1.50 bits per heavy atom. The fourth-order valence-electron chi connectivity index (χ4n) is 0. The van der Waals surface area contributed by atoms with Gasteiger partial charge in [-0.15, -0.1) is 0 Å². The number of thiol groups is 1. The van der Waals surface area contributed by atoms with Crippen LogP contribution in [0.15, 0.2) is 0 Å². The lowest BCUT2D eigenvalue weighted by molar-refractivity contribution is 0.376. The van der Waals surface area contributed by atoms with Gasteiger partial charge in [-0.3, -0.25) is 0 Å². The van der Waals surface area contributed by atoms with E-state index in [0.717, 1.165) is 0 Å². The molecule has 25 valence electrons. The largest absolute Gasteiger partial charge is 0.362 e. The van der Waals surface area contributed by atoms with Gasteiger partial charge in [0.2, 0.25) is 0 Å². The van der Waals surface area contributed by atoms with Gasteiger partial charge in [-0.05, 0) is 0 Å². The van der Waals surface area contributed by atoms with Crippen LogP contribution in [0.2, 0.25) is 0 Å². The molecule has 0 aromatic rings. The van der Waals surface area contributed by atoms with Crippen LogP contribution >= 0.6 is 12.6 Å². The van der Waals surface area contributed by atoms with Crippen LogP contribution in [0.4, 0.5) is 8.78 Å². The molecule has 0 fully saturated rings. The van der Waals surface area contributed by atoms with Crippen molar-refractivity contribution in [3.8, 4) is 0 Å². The minimum absolute atomic E-state index is 1.89. The average Bonchev–Trinajstić information content (AvgIpc) is 0.811. The van der Waals surface area contributed by atoms with Crippen molar-refractivity contribution in [1.29, 1.82) is 0 Å². The third-order valence-electron chi connectivity index (χ3n) is 0. The monoisotopic (exact) mass is 83.0 g/mol.